The molecule has 1 aromatic carbocycles. The van der Waals surface area contributed by atoms with Crippen LogP contribution in [0.4, 0.5) is 10.1 Å². The monoisotopic (exact) mass is 266 g/mol. The third-order valence-corrected chi connectivity index (χ3v) is 2.40. The van der Waals surface area contributed by atoms with E-state index < -0.39 is 10.7 Å². The Kier molecular flexibility index (Phi) is 3.81. The first-order valence-electron chi connectivity index (χ1n) is 5.59. The molecule has 0 amide bonds. The molecule has 1 aromatic heterocycles. The lowest BCUT2D eigenvalue weighted by atomic mass is 10.2. The molecule has 2 aromatic rings. The second kappa shape index (κ2) is 5.53. The lowest BCUT2D eigenvalue weighted by molar-refractivity contribution is -0.385. The summed E-state index contributed by atoms with van der Waals surface area (Å²) in [5.74, 6) is -0.372. The molecule has 8 heteroatoms. The minimum Gasteiger partial charge on any atom is -0.334 e. The molecule has 0 unspecified atom stereocenters. The van der Waals surface area contributed by atoms with Gasteiger partial charge in [0.25, 0.3) is 11.6 Å². The normalized spacial score (nSPS) is 10.6. The quantitative estimate of drug-likeness (QED) is 0.656. The number of rotatable bonds is 5. The zero-order valence-corrected chi connectivity index (χ0v) is 10.1. The van der Waals surface area contributed by atoms with Crippen LogP contribution in [-0.2, 0) is 6.54 Å². The highest BCUT2D eigenvalue weighted by molar-refractivity contribution is 5.56. The van der Waals surface area contributed by atoms with Crippen LogP contribution in [0.5, 0.6) is 0 Å². The van der Waals surface area contributed by atoms with Crippen molar-refractivity contribution in [2.24, 2.45) is 0 Å². The van der Waals surface area contributed by atoms with Crippen LogP contribution in [0.3, 0.4) is 0 Å². The highest BCUT2D eigenvalue weighted by Crippen LogP contribution is 2.24. The van der Waals surface area contributed by atoms with E-state index in [-0.39, 0.29) is 17.1 Å². The maximum Gasteiger partial charge on any atom is 0.272 e. The molecular formula is C11H11FN4O3. The lowest BCUT2D eigenvalue weighted by Gasteiger charge is -1.97. The van der Waals surface area contributed by atoms with Crippen molar-refractivity contribution in [1.29, 1.82) is 0 Å². The van der Waals surface area contributed by atoms with Gasteiger partial charge in [0.2, 0.25) is 0 Å². The third kappa shape index (κ3) is 2.91. The molecule has 0 aliphatic heterocycles. The second-order valence-corrected chi connectivity index (χ2v) is 3.72. The Hall–Kier alpha value is -2.35. The molecular weight excluding hydrogens is 255 g/mol. The molecule has 0 radical (unpaired) electrons. The van der Waals surface area contributed by atoms with E-state index in [4.69, 9.17) is 4.52 Å². The average Bonchev–Trinajstić information content (AvgIpc) is 2.84. The summed E-state index contributed by atoms with van der Waals surface area (Å²) in [6, 6.07) is 3.26. The Balaban J connectivity index is 2.26. The van der Waals surface area contributed by atoms with Crippen LogP contribution in [0.25, 0.3) is 11.5 Å². The fourth-order valence-corrected chi connectivity index (χ4v) is 1.46. The van der Waals surface area contributed by atoms with E-state index >= 15 is 0 Å². The Morgan fingerprint density at radius 2 is 2.32 bits per heavy atom. The molecule has 2 rings (SSSR count). The van der Waals surface area contributed by atoms with Gasteiger partial charge in [0.1, 0.15) is 5.82 Å². The zero-order chi connectivity index (χ0) is 13.8. The smallest absolute Gasteiger partial charge is 0.272 e. The molecule has 1 N–H and O–H groups in total. The van der Waals surface area contributed by atoms with Crippen molar-refractivity contribution in [3.05, 3.63) is 40.0 Å². The summed E-state index contributed by atoms with van der Waals surface area (Å²) in [7, 11) is 0. The first-order chi connectivity index (χ1) is 9.11. The molecule has 0 atom stereocenters. The van der Waals surface area contributed by atoms with Crippen molar-refractivity contribution >= 4 is 5.69 Å². The Morgan fingerprint density at radius 3 is 2.95 bits per heavy atom. The first-order valence-corrected chi connectivity index (χ1v) is 5.59. The predicted octanol–water partition coefficient (Wildman–Crippen LogP) is 1.89. The summed E-state index contributed by atoms with van der Waals surface area (Å²) in [5, 5.41) is 17.2. The van der Waals surface area contributed by atoms with Crippen LogP contribution >= 0.6 is 0 Å². The van der Waals surface area contributed by atoms with Gasteiger partial charge in [0.15, 0.2) is 5.82 Å². The van der Waals surface area contributed by atoms with E-state index in [0.29, 0.717) is 12.4 Å². The fourth-order valence-electron chi connectivity index (χ4n) is 1.46. The average molecular weight is 266 g/mol. The van der Waals surface area contributed by atoms with E-state index in [2.05, 4.69) is 15.5 Å². The maximum absolute atomic E-state index is 13.7. The minimum atomic E-state index is -0.771. The van der Waals surface area contributed by atoms with Crippen LogP contribution in [0.1, 0.15) is 12.7 Å². The van der Waals surface area contributed by atoms with Gasteiger partial charge in [0.05, 0.1) is 23.1 Å². The molecule has 0 saturated carbocycles. The van der Waals surface area contributed by atoms with Crippen LogP contribution < -0.4 is 5.32 Å². The van der Waals surface area contributed by atoms with Crippen molar-refractivity contribution in [3.63, 3.8) is 0 Å². The Labute approximate surface area is 107 Å². The van der Waals surface area contributed by atoms with Crippen molar-refractivity contribution in [3.8, 4) is 11.5 Å². The number of nitro groups is 1. The van der Waals surface area contributed by atoms with E-state index in [1.165, 1.54) is 12.1 Å². The highest BCUT2D eigenvalue weighted by atomic mass is 19.1. The predicted molar refractivity (Wildman–Crippen MR) is 63.7 cm³/mol. The van der Waals surface area contributed by atoms with Gasteiger partial charge in [-0.15, -0.1) is 0 Å². The van der Waals surface area contributed by atoms with Gasteiger partial charge >= 0.3 is 0 Å². The van der Waals surface area contributed by atoms with E-state index in [9.17, 15) is 14.5 Å². The molecule has 0 fully saturated rings. The van der Waals surface area contributed by atoms with Gasteiger partial charge in [-0.3, -0.25) is 10.1 Å². The molecule has 0 saturated heterocycles. The topological polar surface area (TPSA) is 94.1 Å². The van der Waals surface area contributed by atoms with Crippen molar-refractivity contribution in [2.75, 3.05) is 6.54 Å². The molecule has 19 heavy (non-hydrogen) atoms. The molecule has 7 nitrogen and oxygen atoms in total. The van der Waals surface area contributed by atoms with Gasteiger partial charge in [-0.25, -0.2) is 4.39 Å². The van der Waals surface area contributed by atoms with Crippen LogP contribution in [0, 0.1) is 15.9 Å². The van der Waals surface area contributed by atoms with E-state index in [0.717, 1.165) is 12.6 Å². The number of hydrogen-bond donors (Lipinski definition) is 1. The standard InChI is InChI=1S/C11H11FN4O3/c1-2-13-6-10-14-11(19-15-10)8-4-3-7(16(17)18)5-9(8)12/h3-5,13H,2,6H2,1H3. The number of nitrogens with zero attached hydrogens (tertiary/aromatic N) is 3. The number of aromatic nitrogens is 2. The molecule has 0 bridgehead atoms. The largest absolute Gasteiger partial charge is 0.334 e. The number of nitrogens with one attached hydrogen (secondary N) is 1. The maximum atomic E-state index is 13.7. The molecule has 1 heterocycles. The van der Waals surface area contributed by atoms with Crippen molar-refractivity contribution in [1.82, 2.24) is 15.5 Å². The van der Waals surface area contributed by atoms with Crippen molar-refractivity contribution < 1.29 is 13.8 Å². The van der Waals surface area contributed by atoms with Gasteiger partial charge in [0, 0.05) is 6.07 Å². The summed E-state index contributed by atoms with van der Waals surface area (Å²) in [5.41, 5.74) is -0.283. The van der Waals surface area contributed by atoms with Crippen molar-refractivity contribution in [2.45, 2.75) is 13.5 Å². The SMILES string of the molecule is CCNCc1noc(-c2ccc([N+](=O)[O-])cc2F)n1. The summed E-state index contributed by atoms with van der Waals surface area (Å²) in [6.07, 6.45) is 0. The van der Waals surface area contributed by atoms with Crippen LogP contribution in [0.15, 0.2) is 22.7 Å². The van der Waals surface area contributed by atoms with E-state index in [1.807, 2.05) is 6.92 Å². The summed E-state index contributed by atoms with van der Waals surface area (Å²) in [4.78, 5) is 13.8. The Morgan fingerprint density at radius 1 is 1.53 bits per heavy atom. The van der Waals surface area contributed by atoms with Gasteiger partial charge in [-0.2, -0.15) is 4.98 Å². The highest BCUT2D eigenvalue weighted by Gasteiger charge is 2.16. The van der Waals surface area contributed by atoms with Crippen LogP contribution in [0.2, 0.25) is 0 Å². The zero-order valence-electron chi connectivity index (χ0n) is 10.1. The number of halogens is 1. The second-order valence-electron chi connectivity index (χ2n) is 3.72. The van der Waals surface area contributed by atoms with Crippen LogP contribution in [-0.4, -0.2) is 21.6 Å². The fraction of sp³-hybridized carbons (Fsp3) is 0.273. The summed E-state index contributed by atoms with van der Waals surface area (Å²) in [6.45, 7) is 3.08. The molecule has 100 valence electrons. The van der Waals surface area contributed by atoms with E-state index in [1.54, 1.807) is 0 Å². The number of non-ortho nitro benzene ring substituents is 1. The third-order valence-electron chi connectivity index (χ3n) is 2.40. The summed E-state index contributed by atoms with van der Waals surface area (Å²) >= 11 is 0. The number of benzene rings is 1. The summed E-state index contributed by atoms with van der Waals surface area (Å²) < 4.78 is 18.6. The minimum absolute atomic E-state index is 0.000279. The van der Waals surface area contributed by atoms with Gasteiger partial charge in [-0.1, -0.05) is 12.1 Å². The molecule has 0 spiro atoms. The molecule has 0 aliphatic rings. The first kappa shape index (κ1) is 13.1. The number of hydrogen-bond acceptors (Lipinski definition) is 6. The molecule has 0 aliphatic carbocycles. The number of nitro benzene ring substituents is 1. The van der Waals surface area contributed by atoms with Gasteiger partial charge in [-0.05, 0) is 12.6 Å². The Bertz CT molecular complexity index is 599. The lowest BCUT2D eigenvalue weighted by Crippen LogP contribution is -2.12. The van der Waals surface area contributed by atoms with Gasteiger partial charge < -0.3 is 9.84 Å².